The van der Waals surface area contributed by atoms with Crippen LogP contribution < -0.4 is 10.6 Å². The molecule has 0 spiro atoms. The molecule has 0 rings (SSSR count). The third-order valence-corrected chi connectivity index (χ3v) is 4.04. The molecule has 0 aromatic rings. The van der Waals surface area contributed by atoms with E-state index in [0.717, 1.165) is 6.92 Å². The van der Waals surface area contributed by atoms with Crippen molar-refractivity contribution in [2.24, 2.45) is 0 Å². The Kier molecular flexibility index (Phi) is 7.68. The lowest BCUT2D eigenvalue weighted by Crippen LogP contribution is -2.60. The van der Waals surface area contributed by atoms with Crippen molar-refractivity contribution >= 4 is 32.2 Å². The number of hydrogen-bond acceptors (Lipinski definition) is 9. The van der Waals surface area contributed by atoms with E-state index >= 15 is 0 Å². The molecule has 7 N–H and O–H groups in total. The highest BCUT2D eigenvalue weighted by molar-refractivity contribution is 7.86. The summed E-state index contributed by atoms with van der Waals surface area (Å²) in [6, 6.07) is -3.75. The lowest BCUT2D eigenvalue weighted by molar-refractivity contribution is -0.142. The Morgan fingerprint density at radius 1 is 0.958 bits per heavy atom. The monoisotopic (exact) mass is 394 g/mol. The van der Waals surface area contributed by atoms with E-state index in [2.05, 4.69) is 5.32 Å². The van der Waals surface area contributed by atoms with Crippen LogP contribution >= 0.6 is 0 Å². The Hall–Kier alpha value is -1.36. The Morgan fingerprint density at radius 3 is 1.67 bits per heavy atom. The summed E-state index contributed by atoms with van der Waals surface area (Å²) in [6.07, 6.45) is 0. The summed E-state index contributed by atoms with van der Waals surface area (Å²) in [5, 5.41) is 31.6. The van der Waals surface area contributed by atoms with E-state index in [0.29, 0.717) is 0 Å². The summed E-state index contributed by atoms with van der Waals surface area (Å²) >= 11 is 0. The fourth-order valence-corrected chi connectivity index (χ4v) is 2.89. The van der Waals surface area contributed by atoms with Crippen molar-refractivity contribution in [1.29, 1.82) is 0 Å². The zero-order chi connectivity index (χ0) is 19.3. The van der Waals surface area contributed by atoms with Crippen molar-refractivity contribution in [3.8, 4) is 0 Å². The molecule has 3 atom stereocenters. The highest BCUT2D eigenvalue weighted by Crippen LogP contribution is 2.03. The average molecular weight is 394 g/mol. The lowest BCUT2D eigenvalue weighted by Gasteiger charge is -2.29. The summed E-state index contributed by atoms with van der Waals surface area (Å²) in [5.41, 5.74) is -2.19. The first kappa shape index (κ1) is 22.6. The van der Waals surface area contributed by atoms with Gasteiger partial charge in [-0.1, -0.05) is 0 Å². The molecule has 0 fully saturated rings. The number of aliphatic hydroxyl groups is 1. The summed E-state index contributed by atoms with van der Waals surface area (Å²) in [7, 11) is -9.34. The molecule has 15 heteroatoms. The van der Waals surface area contributed by atoms with Crippen LogP contribution in [0.5, 0.6) is 0 Å². The molecule has 13 nitrogen and oxygen atoms in total. The van der Waals surface area contributed by atoms with Crippen molar-refractivity contribution in [1.82, 2.24) is 10.6 Å². The maximum atomic E-state index is 10.9. The van der Waals surface area contributed by atoms with Crippen LogP contribution in [0.2, 0.25) is 0 Å². The summed E-state index contributed by atoms with van der Waals surface area (Å²) in [6.45, 7) is 0.223. The molecule has 0 aromatic carbocycles. The van der Waals surface area contributed by atoms with Gasteiger partial charge in [0.2, 0.25) is 0 Å². The number of nitrogens with one attached hydrogen (secondary N) is 2. The highest BCUT2D eigenvalue weighted by atomic mass is 32.2. The number of carboxylic acid groups (broad SMARTS) is 2. The van der Waals surface area contributed by atoms with Crippen molar-refractivity contribution in [3.05, 3.63) is 0 Å². The van der Waals surface area contributed by atoms with Gasteiger partial charge in [-0.2, -0.15) is 16.8 Å². The highest BCUT2D eigenvalue weighted by Gasteiger charge is 2.33. The molecule has 0 amide bonds. The van der Waals surface area contributed by atoms with Crippen LogP contribution in [0.3, 0.4) is 0 Å². The largest absolute Gasteiger partial charge is 0.480 e. The number of carbonyl (C=O) groups is 2. The minimum atomic E-state index is -4.69. The molecule has 0 aliphatic rings. The smallest absolute Gasteiger partial charge is 0.321 e. The number of hydrogen-bond donors (Lipinski definition) is 7. The lowest BCUT2D eigenvalue weighted by atomic mass is 10.2. The van der Waals surface area contributed by atoms with Crippen LogP contribution in [-0.4, -0.2) is 89.1 Å². The predicted molar refractivity (Wildman–Crippen MR) is 77.4 cm³/mol. The molecule has 0 radical (unpaired) electrons. The van der Waals surface area contributed by atoms with Crippen molar-refractivity contribution in [2.75, 3.05) is 18.1 Å². The molecule has 24 heavy (non-hydrogen) atoms. The number of rotatable bonds is 11. The first-order chi connectivity index (χ1) is 10.5. The first-order valence-electron chi connectivity index (χ1n) is 6.12. The van der Waals surface area contributed by atoms with Crippen LogP contribution in [0.25, 0.3) is 0 Å². The normalized spacial score (nSPS) is 17.7. The molecule has 0 aromatic heterocycles. The standard InChI is InChI=1S/C9H18N2O11S2/c1-9(16,11-6(8(14)15)3-24(20,21)22)4-10-5(7(12)13)2-23(17,18)19/h5-6,10-11,16H,2-4H2,1H3,(H,12,13)(H,14,15)(H,17,18,19)(H,20,21,22)/t5-,6-,9?/m0/s1. The molecule has 0 saturated heterocycles. The number of carboxylic acids is 2. The molecular formula is C9H18N2O11S2. The topological polar surface area (TPSA) is 228 Å². The van der Waals surface area contributed by atoms with Crippen LogP contribution in [0.4, 0.5) is 0 Å². The molecule has 0 aliphatic heterocycles. The van der Waals surface area contributed by atoms with E-state index in [1.165, 1.54) is 0 Å². The van der Waals surface area contributed by atoms with E-state index in [4.69, 9.17) is 19.3 Å². The Morgan fingerprint density at radius 2 is 1.33 bits per heavy atom. The molecule has 0 bridgehead atoms. The molecule has 0 saturated carbocycles. The van der Waals surface area contributed by atoms with Gasteiger partial charge in [0, 0.05) is 6.54 Å². The van der Waals surface area contributed by atoms with Gasteiger partial charge >= 0.3 is 11.9 Å². The molecular weight excluding hydrogens is 376 g/mol. The quantitative estimate of drug-likeness (QED) is 0.134. The van der Waals surface area contributed by atoms with Crippen LogP contribution in [0, 0.1) is 0 Å². The fraction of sp³-hybridized carbons (Fsp3) is 0.778. The second kappa shape index (κ2) is 8.15. The Labute approximate surface area is 137 Å². The second-order valence-electron chi connectivity index (χ2n) is 5.08. The van der Waals surface area contributed by atoms with Crippen LogP contribution in [0.1, 0.15) is 6.92 Å². The average Bonchev–Trinajstić information content (AvgIpc) is 2.29. The molecule has 0 heterocycles. The minimum Gasteiger partial charge on any atom is -0.480 e. The van der Waals surface area contributed by atoms with Gasteiger partial charge < -0.3 is 15.3 Å². The first-order valence-corrected chi connectivity index (χ1v) is 9.33. The summed E-state index contributed by atoms with van der Waals surface area (Å²) < 4.78 is 60.1. The Bertz CT molecular complexity index is 670. The zero-order valence-corrected chi connectivity index (χ0v) is 13.9. The predicted octanol–water partition coefficient (Wildman–Crippen LogP) is -3.44. The maximum absolute atomic E-state index is 10.9. The van der Waals surface area contributed by atoms with Gasteiger partial charge in [-0.05, 0) is 6.92 Å². The fourth-order valence-electron chi connectivity index (χ4n) is 1.56. The van der Waals surface area contributed by atoms with Gasteiger partial charge in [0.25, 0.3) is 20.2 Å². The number of aliphatic carboxylic acids is 2. The van der Waals surface area contributed by atoms with Crippen molar-refractivity contribution in [2.45, 2.75) is 24.7 Å². The third-order valence-electron chi connectivity index (χ3n) is 2.53. The van der Waals surface area contributed by atoms with Crippen LogP contribution in [-0.2, 0) is 29.8 Å². The van der Waals surface area contributed by atoms with E-state index in [9.17, 15) is 31.5 Å². The summed E-state index contributed by atoms with van der Waals surface area (Å²) in [4.78, 5) is 21.8. The maximum Gasteiger partial charge on any atom is 0.321 e. The van der Waals surface area contributed by atoms with Crippen molar-refractivity contribution in [3.63, 3.8) is 0 Å². The second-order valence-corrected chi connectivity index (χ2v) is 8.07. The minimum absolute atomic E-state index is 0.727. The van der Waals surface area contributed by atoms with Gasteiger partial charge in [0.05, 0.1) is 0 Å². The van der Waals surface area contributed by atoms with Gasteiger partial charge in [0.15, 0.2) is 0 Å². The van der Waals surface area contributed by atoms with Crippen molar-refractivity contribution < 1.29 is 50.8 Å². The van der Waals surface area contributed by atoms with Gasteiger partial charge in [-0.3, -0.25) is 29.3 Å². The zero-order valence-electron chi connectivity index (χ0n) is 12.3. The van der Waals surface area contributed by atoms with E-state index in [1.54, 1.807) is 0 Å². The molecule has 142 valence electrons. The van der Waals surface area contributed by atoms with Gasteiger partial charge in [-0.15, -0.1) is 0 Å². The summed E-state index contributed by atoms with van der Waals surface area (Å²) in [5.74, 6) is -5.88. The SMILES string of the molecule is CC(O)(CN[C@@H](CS(=O)(=O)O)C(=O)O)N[C@@H](CS(=O)(=O)O)C(=O)O. The molecule has 0 aliphatic carbocycles. The van der Waals surface area contributed by atoms with E-state index in [-0.39, 0.29) is 0 Å². The van der Waals surface area contributed by atoms with Gasteiger partial charge in [-0.25, -0.2) is 0 Å². The third kappa shape index (κ3) is 10.4. The van der Waals surface area contributed by atoms with E-state index < -0.39 is 68.0 Å². The Balaban J connectivity index is 4.98. The molecule has 1 unspecified atom stereocenters. The van der Waals surface area contributed by atoms with E-state index in [1.807, 2.05) is 5.32 Å². The van der Waals surface area contributed by atoms with Crippen LogP contribution in [0.15, 0.2) is 0 Å². The van der Waals surface area contributed by atoms with Gasteiger partial charge in [0.1, 0.15) is 29.3 Å².